The summed E-state index contributed by atoms with van der Waals surface area (Å²) in [5.74, 6) is -0.614. The second kappa shape index (κ2) is 6.38. The molecule has 1 aromatic carbocycles. The van der Waals surface area contributed by atoms with Crippen molar-refractivity contribution in [2.75, 3.05) is 19.3 Å². The summed E-state index contributed by atoms with van der Waals surface area (Å²) in [5.41, 5.74) is 6.69. The molecule has 1 aromatic rings. The molecule has 0 saturated carbocycles. The predicted molar refractivity (Wildman–Crippen MR) is 72.0 cm³/mol. The van der Waals surface area contributed by atoms with E-state index < -0.39 is 5.82 Å². The molecule has 1 rings (SSSR count). The molecule has 0 aliphatic rings. The van der Waals surface area contributed by atoms with E-state index in [1.807, 2.05) is 0 Å². The molecule has 0 fully saturated rings. The highest BCUT2D eigenvalue weighted by Gasteiger charge is 2.14. The van der Waals surface area contributed by atoms with E-state index >= 15 is 0 Å². The van der Waals surface area contributed by atoms with Crippen molar-refractivity contribution in [3.8, 4) is 0 Å². The van der Waals surface area contributed by atoms with Gasteiger partial charge in [-0.15, -0.1) is 0 Å². The number of nitrogen functional groups attached to an aromatic ring is 1. The molecule has 0 radical (unpaired) electrons. The van der Waals surface area contributed by atoms with Crippen molar-refractivity contribution in [3.63, 3.8) is 0 Å². The molecule has 0 unspecified atom stereocenters. The van der Waals surface area contributed by atoms with Crippen LogP contribution in [0.3, 0.4) is 0 Å². The fourth-order valence-electron chi connectivity index (χ4n) is 1.74. The summed E-state index contributed by atoms with van der Waals surface area (Å²) in [5, 5.41) is 0. The molecule has 3 nitrogen and oxygen atoms in total. The Kier molecular flexibility index (Phi) is 5.13. The van der Waals surface area contributed by atoms with Crippen LogP contribution in [-0.4, -0.2) is 24.4 Å². The molecule has 0 aromatic heterocycles. The van der Waals surface area contributed by atoms with Gasteiger partial charge in [-0.25, -0.2) is 4.39 Å². The average molecular weight is 252 g/mol. The Bertz CT molecular complexity index is 409. The molecule has 1 amide bonds. The summed E-state index contributed by atoms with van der Waals surface area (Å²) in [6.07, 6.45) is 3.15. The van der Waals surface area contributed by atoms with Gasteiger partial charge in [-0.1, -0.05) is 19.8 Å². The summed E-state index contributed by atoms with van der Waals surface area (Å²) in [6.45, 7) is 4.39. The first kappa shape index (κ1) is 14.5. The Hall–Kier alpha value is -1.58. The Morgan fingerprint density at radius 3 is 2.61 bits per heavy atom. The van der Waals surface area contributed by atoms with Crippen LogP contribution in [0, 0.1) is 12.7 Å². The third kappa shape index (κ3) is 3.45. The van der Waals surface area contributed by atoms with Crippen molar-refractivity contribution in [2.45, 2.75) is 33.1 Å². The highest BCUT2D eigenvalue weighted by Crippen LogP contribution is 2.18. The van der Waals surface area contributed by atoms with Gasteiger partial charge in [-0.3, -0.25) is 4.79 Å². The first-order chi connectivity index (χ1) is 8.47. The van der Waals surface area contributed by atoms with E-state index in [1.165, 1.54) is 12.1 Å². The van der Waals surface area contributed by atoms with Gasteiger partial charge < -0.3 is 10.6 Å². The number of anilines is 1. The smallest absolute Gasteiger partial charge is 0.253 e. The molecule has 0 heterocycles. The molecule has 0 atom stereocenters. The van der Waals surface area contributed by atoms with Crippen molar-refractivity contribution >= 4 is 11.6 Å². The highest BCUT2D eigenvalue weighted by atomic mass is 19.1. The zero-order chi connectivity index (χ0) is 13.7. The largest absolute Gasteiger partial charge is 0.398 e. The van der Waals surface area contributed by atoms with Gasteiger partial charge in [0.1, 0.15) is 5.82 Å². The second-order valence-corrected chi connectivity index (χ2v) is 4.61. The normalized spacial score (nSPS) is 10.4. The highest BCUT2D eigenvalue weighted by molar-refractivity contribution is 5.95. The standard InChI is InChI=1S/C14H21FN2O/c1-4-5-6-7-17(3)14(18)11-8-12(15)10(2)13(16)9-11/h8-9H,4-7,16H2,1-3H3. The first-order valence-corrected chi connectivity index (χ1v) is 6.28. The minimum atomic E-state index is -0.430. The van der Waals surface area contributed by atoms with Crippen molar-refractivity contribution in [1.82, 2.24) is 4.90 Å². The van der Waals surface area contributed by atoms with E-state index in [0.29, 0.717) is 23.4 Å². The molecular formula is C14H21FN2O. The quantitative estimate of drug-likeness (QED) is 0.647. The minimum absolute atomic E-state index is 0.184. The van der Waals surface area contributed by atoms with Crippen LogP contribution in [0.4, 0.5) is 10.1 Å². The molecule has 4 heteroatoms. The number of nitrogens with zero attached hydrogens (tertiary/aromatic N) is 1. The maximum atomic E-state index is 13.5. The van der Waals surface area contributed by atoms with E-state index in [2.05, 4.69) is 6.92 Å². The Morgan fingerprint density at radius 2 is 2.06 bits per heavy atom. The molecule has 2 N–H and O–H groups in total. The Balaban J connectivity index is 2.77. The van der Waals surface area contributed by atoms with Gasteiger partial charge in [-0.05, 0) is 25.5 Å². The average Bonchev–Trinajstić information content (AvgIpc) is 2.34. The number of hydrogen-bond donors (Lipinski definition) is 1. The third-order valence-electron chi connectivity index (χ3n) is 3.08. The zero-order valence-electron chi connectivity index (χ0n) is 11.3. The lowest BCUT2D eigenvalue weighted by Crippen LogP contribution is -2.28. The van der Waals surface area contributed by atoms with E-state index in [4.69, 9.17) is 5.73 Å². The number of hydrogen-bond acceptors (Lipinski definition) is 2. The van der Waals surface area contributed by atoms with Crippen LogP contribution in [0.5, 0.6) is 0 Å². The molecule has 0 aliphatic carbocycles. The monoisotopic (exact) mass is 252 g/mol. The number of nitrogens with two attached hydrogens (primary N) is 1. The first-order valence-electron chi connectivity index (χ1n) is 6.28. The van der Waals surface area contributed by atoms with Crippen molar-refractivity contribution in [3.05, 3.63) is 29.1 Å². The summed E-state index contributed by atoms with van der Waals surface area (Å²) >= 11 is 0. The number of benzene rings is 1. The van der Waals surface area contributed by atoms with Crippen LogP contribution in [0.2, 0.25) is 0 Å². The van der Waals surface area contributed by atoms with Crippen LogP contribution < -0.4 is 5.73 Å². The SMILES string of the molecule is CCCCCN(C)C(=O)c1cc(N)c(C)c(F)c1. The third-order valence-corrected chi connectivity index (χ3v) is 3.08. The van der Waals surface area contributed by atoms with Crippen LogP contribution in [0.15, 0.2) is 12.1 Å². The maximum Gasteiger partial charge on any atom is 0.253 e. The number of carbonyl (C=O) groups excluding carboxylic acids is 1. The van der Waals surface area contributed by atoms with Gasteiger partial charge in [0.25, 0.3) is 5.91 Å². The second-order valence-electron chi connectivity index (χ2n) is 4.61. The van der Waals surface area contributed by atoms with E-state index in [0.717, 1.165) is 19.3 Å². The number of amides is 1. The summed E-state index contributed by atoms with van der Waals surface area (Å²) in [6, 6.07) is 2.79. The number of unbranched alkanes of at least 4 members (excludes halogenated alkanes) is 2. The van der Waals surface area contributed by atoms with Gasteiger partial charge in [0.2, 0.25) is 0 Å². The topological polar surface area (TPSA) is 46.3 Å². The molecule has 0 saturated heterocycles. The van der Waals surface area contributed by atoms with Crippen LogP contribution in [0.1, 0.15) is 42.1 Å². The van der Waals surface area contributed by atoms with Crippen molar-refractivity contribution < 1.29 is 9.18 Å². The number of rotatable bonds is 5. The zero-order valence-corrected chi connectivity index (χ0v) is 11.3. The van der Waals surface area contributed by atoms with E-state index in [1.54, 1.807) is 18.9 Å². The predicted octanol–water partition coefficient (Wildman–Crippen LogP) is 2.98. The fourth-order valence-corrected chi connectivity index (χ4v) is 1.74. The molecule has 0 bridgehead atoms. The van der Waals surface area contributed by atoms with Gasteiger partial charge >= 0.3 is 0 Å². The fraction of sp³-hybridized carbons (Fsp3) is 0.500. The van der Waals surface area contributed by atoms with Crippen LogP contribution in [0.25, 0.3) is 0 Å². The lowest BCUT2D eigenvalue weighted by molar-refractivity contribution is 0.0792. The van der Waals surface area contributed by atoms with Crippen LogP contribution >= 0.6 is 0 Å². The molecule has 18 heavy (non-hydrogen) atoms. The van der Waals surface area contributed by atoms with Gasteiger partial charge in [0, 0.05) is 30.4 Å². The minimum Gasteiger partial charge on any atom is -0.398 e. The lowest BCUT2D eigenvalue weighted by atomic mass is 10.1. The van der Waals surface area contributed by atoms with Crippen molar-refractivity contribution in [1.29, 1.82) is 0 Å². The molecular weight excluding hydrogens is 231 g/mol. The molecule has 0 spiro atoms. The van der Waals surface area contributed by atoms with Gasteiger partial charge in [0.15, 0.2) is 0 Å². The Morgan fingerprint density at radius 1 is 1.39 bits per heavy atom. The molecule has 100 valence electrons. The van der Waals surface area contributed by atoms with Gasteiger partial charge in [-0.2, -0.15) is 0 Å². The maximum absolute atomic E-state index is 13.5. The summed E-state index contributed by atoms with van der Waals surface area (Å²) < 4.78 is 13.5. The van der Waals surface area contributed by atoms with E-state index in [-0.39, 0.29) is 5.91 Å². The lowest BCUT2D eigenvalue weighted by Gasteiger charge is -2.17. The Labute approximate surface area is 108 Å². The van der Waals surface area contributed by atoms with Gasteiger partial charge in [0.05, 0.1) is 0 Å². The van der Waals surface area contributed by atoms with Crippen molar-refractivity contribution in [2.24, 2.45) is 0 Å². The van der Waals surface area contributed by atoms with Crippen LogP contribution in [-0.2, 0) is 0 Å². The number of halogens is 1. The summed E-state index contributed by atoms with van der Waals surface area (Å²) in [4.78, 5) is 13.7. The van der Waals surface area contributed by atoms with E-state index in [9.17, 15) is 9.18 Å². The molecule has 0 aliphatic heterocycles. The summed E-state index contributed by atoms with van der Waals surface area (Å²) in [7, 11) is 1.73. The number of carbonyl (C=O) groups is 1.